The smallest absolute Gasteiger partial charge is 0.302 e. The molecule has 0 aliphatic heterocycles. The molecule has 1 heterocycles. The van der Waals surface area contributed by atoms with Crippen LogP contribution in [0.5, 0.6) is 0 Å². The minimum Gasteiger partial charge on any atom is -0.384 e. The van der Waals surface area contributed by atoms with Crippen molar-refractivity contribution in [3.05, 3.63) is 28.4 Å². The summed E-state index contributed by atoms with van der Waals surface area (Å²) < 4.78 is 4.87. The third-order valence-electron chi connectivity index (χ3n) is 1.46. The molecule has 0 atom stereocenters. The van der Waals surface area contributed by atoms with Crippen LogP contribution in [0.4, 0.5) is 5.69 Å². The van der Waals surface area contributed by atoms with Crippen molar-refractivity contribution < 1.29 is 9.66 Å². The van der Waals surface area contributed by atoms with Crippen molar-refractivity contribution in [2.24, 2.45) is 0 Å². The summed E-state index contributed by atoms with van der Waals surface area (Å²) in [6.07, 6.45) is 1.55. The Bertz CT molecular complexity index is 335. The summed E-state index contributed by atoms with van der Waals surface area (Å²) in [6.45, 7) is 0.623. The number of aromatic nitrogens is 1. The van der Waals surface area contributed by atoms with E-state index in [1.807, 2.05) is 0 Å². The van der Waals surface area contributed by atoms with Crippen molar-refractivity contribution in [1.82, 2.24) is 4.98 Å². The van der Waals surface area contributed by atoms with Crippen LogP contribution >= 0.6 is 21.6 Å². The summed E-state index contributed by atoms with van der Waals surface area (Å²) in [5, 5.41) is 11.1. The van der Waals surface area contributed by atoms with Crippen LogP contribution in [0, 0.1) is 10.1 Å². The molecule has 0 N–H and O–H groups in total. The van der Waals surface area contributed by atoms with E-state index in [4.69, 9.17) is 4.74 Å². The lowest BCUT2D eigenvalue weighted by atomic mass is 10.4. The summed E-state index contributed by atoms with van der Waals surface area (Å²) in [7, 11) is 4.41. The van der Waals surface area contributed by atoms with Gasteiger partial charge in [0.25, 0.3) is 0 Å². The number of hydrogen-bond donors (Lipinski definition) is 0. The Balaban J connectivity index is 2.56. The van der Waals surface area contributed by atoms with Crippen LogP contribution in [0.15, 0.2) is 23.4 Å². The molecule has 0 amide bonds. The number of pyridine rings is 1. The first-order valence-electron chi connectivity index (χ1n) is 4.13. The highest BCUT2D eigenvalue weighted by molar-refractivity contribution is 8.76. The molecule has 0 radical (unpaired) electrons. The van der Waals surface area contributed by atoms with Gasteiger partial charge in [-0.05, 0) is 16.9 Å². The number of hydrogen-bond acceptors (Lipinski definition) is 6. The minimum absolute atomic E-state index is 0.0485. The fourth-order valence-corrected chi connectivity index (χ4v) is 2.74. The summed E-state index contributed by atoms with van der Waals surface area (Å²) >= 11 is 0. The lowest BCUT2D eigenvalue weighted by Crippen LogP contribution is -1.93. The maximum Gasteiger partial charge on any atom is 0.302 e. The van der Waals surface area contributed by atoms with Crippen molar-refractivity contribution in [2.45, 2.75) is 5.03 Å². The van der Waals surface area contributed by atoms with Crippen molar-refractivity contribution >= 4 is 27.3 Å². The first kappa shape index (κ1) is 12.3. The molecule has 0 bridgehead atoms. The maximum absolute atomic E-state index is 10.6. The largest absolute Gasteiger partial charge is 0.384 e. The Morgan fingerprint density at radius 3 is 3.13 bits per heavy atom. The molecule has 0 aliphatic carbocycles. The van der Waals surface area contributed by atoms with E-state index in [1.165, 1.54) is 27.7 Å². The van der Waals surface area contributed by atoms with Gasteiger partial charge in [-0.3, -0.25) is 10.1 Å². The zero-order chi connectivity index (χ0) is 11.1. The van der Waals surface area contributed by atoms with Gasteiger partial charge in [0.1, 0.15) is 0 Å². The van der Waals surface area contributed by atoms with Crippen LogP contribution < -0.4 is 0 Å². The van der Waals surface area contributed by atoms with E-state index in [9.17, 15) is 10.1 Å². The van der Waals surface area contributed by atoms with E-state index < -0.39 is 4.92 Å². The average Bonchev–Trinajstić information content (AvgIpc) is 2.25. The number of methoxy groups -OCH3 is 1. The highest BCUT2D eigenvalue weighted by Crippen LogP contribution is 2.34. The molecule has 0 saturated heterocycles. The molecule has 5 nitrogen and oxygen atoms in total. The standard InChI is InChI=1S/C8H10N2O3S2/c1-13-5-6-14-15-8-7(10(11)12)3-2-4-9-8/h2-4H,5-6H2,1H3. The molecular formula is C8H10N2O3S2. The van der Waals surface area contributed by atoms with Crippen molar-refractivity contribution in [2.75, 3.05) is 19.5 Å². The average molecular weight is 246 g/mol. The Hall–Kier alpha value is -0.790. The highest BCUT2D eigenvalue weighted by Gasteiger charge is 2.14. The Labute approximate surface area is 95.2 Å². The molecule has 0 aromatic carbocycles. The fraction of sp³-hybridized carbons (Fsp3) is 0.375. The predicted molar refractivity (Wildman–Crippen MR) is 61.1 cm³/mol. The zero-order valence-electron chi connectivity index (χ0n) is 8.08. The fourth-order valence-electron chi connectivity index (χ4n) is 0.800. The van der Waals surface area contributed by atoms with E-state index in [2.05, 4.69) is 4.98 Å². The van der Waals surface area contributed by atoms with E-state index in [1.54, 1.807) is 19.4 Å². The molecule has 15 heavy (non-hydrogen) atoms. The van der Waals surface area contributed by atoms with Gasteiger partial charge >= 0.3 is 5.69 Å². The molecule has 0 aliphatic rings. The van der Waals surface area contributed by atoms with E-state index in [0.29, 0.717) is 11.6 Å². The minimum atomic E-state index is -0.424. The van der Waals surface area contributed by atoms with Gasteiger partial charge in [0.05, 0.1) is 11.5 Å². The van der Waals surface area contributed by atoms with Gasteiger partial charge in [-0.1, -0.05) is 10.8 Å². The monoisotopic (exact) mass is 246 g/mol. The first-order valence-corrected chi connectivity index (χ1v) is 6.45. The van der Waals surface area contributed by atoms with Gasteiger partial charge in [-0.25, -0.2) is 4.98 Å². The van der Waals surface area contributed by atoms with Crippen molar-refractivity contribution in [1.29, 1.82) is 0 Å². The highest BCUT2D eigenvalue weighted by atomic mass is 33.1. The molecule has 0 unspecified atom stereocenters. The maximum atomic E-state index is 10.6. The second-order valence-electron chi connectivity index (χ2n) is 2.48. The van der Waals surface area contributed by atoms with E-state index >= 15 is 0 Å². The van der Waals surface area contributed by atoms with Crippen LogP contribution in [0.2, 0.25) is 0 Å². The number of nitrogens with zero attached hydrogens (tertiary/aromatic N) is 2. The third-order valence-corrected chi connectivity index (χ3v) is 3.71. The quantitative estimate of drug-likeness (QED) is 0.332. The molecule has 1 rings (SSSR count). The SMILES string of the molecule is COCCSSc1ncccc1[N+](=O)[O-]. The summed E-state index contributed by atoms with van der Waals surface area (Å²) in [5.74, 6) is 0.773. The number of rotatable bonds is 6. The number of nitro groups is 1. The molecule has 1 aromatic heterocycles. The second-order valence-corrected chi connectivity index (χ2v) is 4.89. The van der Waals surface area contributed by atoms with Gasteiger partial charge in [0, 0.05) is 25.1 Å². The van der Waals surface area contributed by atoms with Gasteiger partial charge in [-0.15, -0.1) is 0 Å². The van der Waals surface area contributed by atoms with E-state index in [0.717, 1.165) is 5.75 Å². The topological polar surface area (TPSA) is 65.3 Å². The van der Waals surface area contributed by atoms with Gasteiger partial charge in [0.15, 0.2) is 5.03 Å². The van der Waals surface area contributed by atoms with Crippen LogP contribution in [-0.2, 0) is 4.74 Å². The zero-order valence-corrected chi connectivity index (χ0v) is 9.71. The Morgan fingerprint density at radius 2 is 2.47 bits per heavy atom. The van der Waals surface area contributed by atoms with Crippen LogP contribution in [0.1, 0.15) is 0 Å². The van der Waals surface area contributed by atoms with Gasteiger partial charge in [-0.2, -0.15) is 0 Å². The van der Waals surface area contributed by atoms with E-state index in [-0.39, 0.29) is 5.69 Å². The van der Waals surface area contributed by atoms with Gasteiger partial charge < -0.3 is 4.74 Å². The summed E-state index contributed by atoms with van der Waals surface area (Å²) in [6, 6.07) is 3.01. The lowest BCUT2D eigenvalue weighted by molar-refractivity contribution is -0.388. The molecule has 82 valence electrons. The molecule has 1 aromatic rings. The molecule has 0 fully saturated rings. The first-order chi connectivity index (χ1) is 7.25. The lowest BCUT2D eigenvalue weighted by Gasteiger charge is -2.00. The van der Waals surface area contributed by atoms with Crippen LogP contribution in [0.25, 0.3) is 0 Å². The molecule has 0 spiro atoms. The van der Waals surface area contributed by atoms with Crippen molar-refractivity contribution in [3.8, 4) is 0 Å². The third kappa shape index (κ3) is 4.06. The molecular weight excluding hydrogens is 236 g/mol. The van der Waals surface area contributed by atoms with Crippen LogP contribution in [-0.4, -0.2) is 29.4 Å². The Morgan fingerprint density at radius 1 is 1.67 bits per heavy atom. The van der Waals surface area contributed by atoms with Crippen LogP contribution in [0.3, 0.4) is 0 Å². The molecule has 0 saturated carbocycles. The predicted octanol–water partition coefficient (Wildman–Crippen LogP) is 2.38. The van der Waals surface area contributed by atoms with Gasteiger partial charge in [0.2, 0.25) is 0 Å². The van der Waals surface area contributed by atoms with Crippen molar-refractivity contribution in [3.63, 3.8) is 0 Å². The Kier molecular flexibility index (Phi) is 5.44. The normalized spacial score (nSPS) is 10.2. The summed E-state index contributed by atoms with van der Waals surface area (Å²) in [4.78, 5) is 14.2. The molecule has 7 heteroatoms. The number of ether oxygens (including phenoxy) is 1. The second kappa shape index (κ2) is 6.65. The summed E-state index contributed by atoms with van der Waals surface area (Å²) in [5.41, 5.74) is 0.0485.